The first-order chi connectivity index (χ1) is 9.79. The van der Waals surface area contributed by atoms with Crippen LogP contribution in [0.2, 0.25) is 0 Å². The lowest BCUT2D eigenvalue weighted by atomic mass is 10.0. The molecule has 1 aliphatic rings. The van der Waals surface area contributed by atoms with Crippen molar-refractivity contribution in [2.45, 2.75) is 44.8 Å². The SMILES string of the molecule is COCCNCc1cn(CCC2CCCCN2C)cn1. The molecule has 5 heteroatoms. The molecule has 2 rings (SSSR count). The maximum Gasteiger partial charge on any atom is 0.0949 e. The maximum atomic E-state index is 5.01. The van der Waals surface area contributed by atoms with E-state index in [0.29, 0.717) is 0 Å². The number of nitrogens with one attached hydrogen (secondary N) is 1. The van der Waals surface area contributed by atoms with E-state index in [1.54, 1.807) is 7.11 Å². The molecule has 0 bridgehead atoms. The number of rotatable bonds is 8. The average molecular weight is 280 g/mol. The van der Waals surface area contributed by atoms with Crippen LogP contribution in [0.3, 0.4) is 0 Å². The van der Waals surface area contributed by atoms with E-state index in [1.807, 2.05) is 6.33 Å². The number of ether oxygens (including phenoxy) is 1. The molecule has 1 atom stereocenters. The lowest BCUT2D eigenvalue weighted by molar-refractivity contribution is 0.171. The Morgan fingerprint density at radius 1 is 1.45 bits per heavy atom. The zero-order valence-corrected chi connectivity index (χ0v) is 12.8. The Labute approximate surface area is 122 Å². The molecule has 2 heterocycles. The van der Waals surface area contributed by atoms with Crippen LogP contribution in [0.25, 0.3) is 0 Å². The molecular weight excluding hydrogens is 252 g/mol. The minimum Gasteiger partial charge on any atom is -0.383 e. The van der Waals surface area contributed by atoms with Crippen LogP contribution in [0, 0.1) is 0 Å². The summed E-state index contributed by atoms with van der Waals surface area (Å²) < 4.78 is 7.23. The topological polar surface area (TPSA) is 42.3 Å². The van der Waals surface area contributed by atoms with E-state index in [4.69, 9.17) is 4.74 Å². The Hall–Kier alpha value is -0.910. The molecule has 1 aliphatic heterocycles. The van der Waals surface area contributed by atoms with Gasteiger partial charge in [-0.05, 0) is 32.9 Å². The predicted octanol–water partition coefficient (Wildman–Crippen LogP) is 1.49. The smallest absolute Gasteiger partial charge is 0.0949 e. The highest BCUT2D eigenvalue weighted by Crippen LogP contribution is 2.18. The monoisotopic (exact) mass is 280 g/mol. The Morgan fingerprint density at radius 2 is 2.35 bits per heavy atom. The van der Waals surface area contributed by atoms with Gasteiger partial charge in [0.25, 0.3) is 0 Å². The van der Waals surface area contributed by atoms with Crippen LogP contribution < -0.4 is 5.32 Å². The Kier molecular flexibility index (Phi) is 6.50. The normalized spacial score (nSPS) is 20.4. The first kappa shape index (κ1) is 15.5. The minimum absolute atomic E-state index is 0.745. The molecule has 0 radical (unpaired) electrons. The quantitative estimate of drug-likeness (QED) is 0.733. The molecule has 20 heavy (non-hydrogen) atoms. The second-order valence-corrected chi connectivity index (χ2v) is 5.69. The summed E-state index contributed by atoms with van der Waals surface area (Å²) in [6.45, 7) is 4.76. The number of hydrogen-bond donors (Lipinski definition) is 1. The van der Waals surface area contributed by atoms with E-state index in [9.17, 15) is 0 Å². The summed E-state index contributed by atoms with van der Waals surface area (Å²) in [5.41, 5.74) is 1.11. The van der Waals surface area contributed by atoms with Gasteiger partial charge in [0.1, 0.15) is 0 Å². The number of aromatic nitrogens is 2. The van der Waals surface area contributed by atoms with Crippen LogP contribution in [0.15, 0.2) is 12.5 Å². The summed E-state index contributed by atoms with van der Waals surface area (Å²) in [4.78, 5) is 6.95. The summed E-state index contributed by atoms with van der Waals surface area (Å²) in [5, 5.41) is 3.32. The third kappa shape index (κ3) is 4.89. The van der Waals surface area contributed by atoms with E-state index in [2.05, 4.69) is 33.0 Å². The van der Waals surface area contributed by atoms with E-state index in [1.165, 1.54) is 32.2 Å². The van der Waals surface area contributed by atoms with Crippen molar-refractivity contribution in [2.24, 2.45) is 0 Å². The molecule has 0 spiro atoms. The number of methoxy groups -OCH3 is 1. The Bertz CT molecular complexity index is 380. The van der Waals surface area contributed by atoms with Crippen LogP contribution in [-0.2, 0) is 17.8 Å². The van der Waals surface area contributed by atoms with E-state index >= 15 is 0 Å². The largest absolute Gasteiger partial charge is 0.383 e. The third-order valence-corrected chi connectivity index (χ3v) is 4.12. The van der Waals surface area contributed by atoms with Gasteiger partial charge in [0.05, 0.1) is 18.6 Å². The van der Waals surface area contributed by atoms with Gasteiger partial charge < -0.3 is 19.5 Å². The lowest BCUT2D eigenvalue weighted by Gasteiger charge is -2.32. The van der Waals surface area contributed by atoms with Crippen LogP contribution in [-0.4, -0.2) is 54.3 Å². The maximum absolute atomic E-state index is 5.01. The molecule has 1 fully saturated rings. The fourth-order valence-corrected chi connectivity index (χ4v) is 2.82. The lowest BCUT2D eigenvalue weighted by Crippen LogP contribution is -2.36. The van der Waals surface area contributed by atoms with Gasteiger partial charge >= 0.3 is 0 Å². The fourth-order valence-electron chi connectivity index (χ4n) is 2.82. The van der Waals surface area contributed by atoms with Gasteiger partial charge in [-0.1, -0.05) is 6.42 Å². The summed E-state index contributed by atoms with van der Waals surface area (Å²) in [7, 11) is 3.97. The van der Waals surface area contributed by atoms with Crippen molar-refractivity contribution in [2.75, 3.05) is 33.9 Å². The highest BCUT2D eigenvalue weighted by molar-refractivity contribution is 4.96. The molecule has 114 valence electrons. The molecule has 1 aromatic heterocycles. The van der Waals surface area contributed by atoms with Gasteiger partial charge in [0.15, 0.2) is 0 Å². The second kappa shape index (κ2) is 8.39. The predicted molar refractivity (Wildman–Crippen MR) is 80.7 cm³/mol. The van der Waals surface area contributed by atoms with Gasteiger partial charge in [0, 0.05) is 39.0 Å². The summed E-state index contributed by atoms with van der Waals surface area (Å²) in [5.74, 6) is 0. The Balaban J connectivity index is 1.69. The van der Waals surface area contributed by atoms with Crippen molar-refractivity contribution >= 4 is 0 Å². The number of imidazole rings is 1. The van der Waals surface area contributed by atoms with Gasteiger partial charge in [-0.15, -0.1) is 0 Å². The van der Waals surface area contributed by atoms with Gasteiger partial charge in [-0.3, -0.25) is 0 Å². The third-order valence-electron chi connectivity index (χ3n) is 4.12. The highest BCUT2D eigenvalue weighted by Gasteiger charge is 2.18. The second-order valence-electron chi connectivity index (χ2n) is 5.69. The summed E-state index contributed by atoms with van der Waals surface area (Å²) in [6.07, 6.45) is 9.42. The van der Waals surface area contributed by atoms with Crippen molar-refractivity contribution < 1.29 is 4.74 Å². The van der Waals surface area contributed by atoms with Crippen molar-refractivity contribution in [1.82, 2.24) is 19.8 Å². The number of nitrogens with zero attached hydrogens (tertiary/aromatic N) is 3. The molecule has 0 saturated carbocycles. The zero-order valence-electron chi connectivity index (χ0n) is 12.8. The molecular formula is C15H28N4O. The fraction of sp³-hybridized carbons (Fsp3) is 0.800. The van der Waals surface area contributed by atoms with Crippen molar-refractivity contribution in [1.29, 1.82) is 0 Å². The molecule has 1 aromatic rings. The summed E-state index contributed by atoms with van der Waals surface area (Å²) >= 11 is 0. The minimum atomic E-state index is 0.745. The van der Waals surface area contributed by atoms with E-state index in [0.717, 1.165) is 38.0 Å². The van der Waals surface area contributed by atoms with Crippen molar-refractivity contribution in [3.63, 3.8) is 0 Å². The Morgan fingerprint density at radius 3 is 3.15 bits per heavy atom. The molecule has 5 nitrogen and oxygen atoms in total. The standard InChI is InChI=1S/C15H28N4O/c1-18-8-4-3-5-15(18)6-9-19-12-14(17-13-19)11-16-7-10-20-2/h12-13,15-16H,3-11H2,1-2H3. The first-order valence-electron chi connectivity index (χ1n) is 7.70. The number of likely N-dealkylation sites (tertiary alicyclic amines) is 1. The van der Waals surface area contributed by atoms with Gasteiger partial charge in [0.2, 0.25) is 0 Å². The van der Waals surface area contributed by atoms with E-state index < -0.39 is 0 Å². The molecule has 1 N–H and O–H groups in total. The highest BCUT2D eigenvalue weighted by atomic mass is 16.5. The van der Waals surface area contributed by atoms with Crippen molar-refractivity contribution in [3.05, 3.63) is 18.2 Å². The number of hydrogen-bond acceptors (Lipinski definition) is 4. The molecule has 1 unspecified atom stereocenters. The van der Waals surface area contributed by atoms with E-state index in [-0.39, 0.29) is 0 Å². The van der Waals surface area contributed by atoms with Crippen LogP contribution in [0.4, 0.5) is 0 Å². The van der Waals surface area contributed by atoms with Crippen LogP contribution in [0.5, 0.6) is 0 Å². The molecule has 0 aliphatic carbocycles. The van der Waals surface area contributed by atoms with Crippen LogP contribution in [0.1, 0.15) is 31.4 Å². The van der Waals surface area contributed by atoms with Gasteiger partial charge in [-0.25, -0.2) is 4.98 Å². The first-order valence-corrected chi connectivity index (χ1v) is 7.70. The summed E-state index contributed by atoms with van der Waals surface area (Å²) in [6, 6.07) is 0.745. The van der Waals surface area contributed by atoms with Gasteiger partial charge in [-0.2, -0.15) is 0 Å². The zero-order chi connectivity index (χ0) is 14.2. The number of aryl methyl sites for hydroxylation is 1. The molecule has 0 aromatic carbocycles. The average Bonchev–Trinajstić information content (AvgIpc) is 2.91. The van der Waals surface area contributed by atoms with Crippen LogP contribution >= 0.6 is 0 Å². The molecule has 0 amide bonds. The molecule has 1 saturated heterocycles. The van der Waals surface area contributed by atoms with Crippen molar-refractivity contribution in [3.8, 4) is 0 Å². The number of piperidine rings is 1.